The molecule has 38 heavy (non-hydrogen) atoms. The molecule has 180 valence electrons. The maximum atomic E-state index is 2.43. The zero-order valence-corrected chi connectivity index (χ0v) is 22.8. The summed E-state index contributed by atoms with van der Waals surface area (Å²) >= 11 is 3.74. The van der Waals surface area contributed by atoms with Crippen LogP contribution in [0.15, 0.2) is 109 Å². The van der Waals surface area contributed by atoms with Crippen molar-refractivity contribution in [3.05, 3.63) is 141 Å². The smallest absolute Gasteiger partial charge is 0.0345 e. The van der Waals surface area contributed by atoms with E-state index in [1.165, 1.54) is 86.3 Å². The van der Waals surface area contributed by atoms with Crippen molar-refractivity contribution in [3.63, 3.8) is 0 Å². The summed E-state index contributed by atoms with van der Waals surface area (Å²) < 4.78 is 0. The summed E-state index contributed by atoms with van der Waals surface area (Å²) in [6.07, 6.45) is 0. The second-order valence-corrected chi connectivity index (χ2v) is 12.8. The van der Waals surface area contributed by atoms with E-state index in [-0.39, 0.29) is 0 Å². The molecular formula is C36H24S2. The first-order valence-electron chi connectivity index (χ1n) is 13.0. The molecule has 0 N–H and O–H groups in total. The van der Waals surface area contributed by atoms with Gasteiger partial charge in [0.25, 0.3) is 0 Å². The number of aryl methyl sites for hydroxylation is 2. The van der Waals surface area contributed by atoms with E-state index in [2.05, 4.69) is 123 Å². The van der Waals surface area contributed by atoms with Gasteiger partial charge in [-0.3, -0.25) is 0 Å². The quantitative estimate of drug-likeness (QED) is 0.213. The van der Waals surface area contributed by atoms with Crippen molar-refractivity contribution in [2.75, 3.05) is 0 Å². The van der Waals surface area contributed by atoms with Gasteiger partial charge in [0.15, 0.2) is 0 Å². The zero-order chi connectivity index (χ0) is 25.4. The summed E-state index contributed by atoms with van der Waals surface area (Å²) in [6.45, 7) is 4.37. The van der Waals surface area contributed by atoms with Gasteiger partial charge in [-0.25, -0.2) is 0 Å². The second kappa shape index (κ2) is 8.26. The highest BCUT2D eigenvalue weighted by Crippen LogP contribution is 2.55. The van der Waals surface area contributed by atoms with E-state index in [1.54, 1.807) is 0 Å². The predicted molar refractivity (Wildman–Crippen MR) is 165 cm³/mol. The molecule has 2 aliphatic rings. The first-order valence-corrected chi connectivity index (χ1v) is 14.7. The van der Waals surface area contributed by atoms with Gasteiger partial charge in [-0.05, 0) is 117 Å². The van der Waals surface area contributed by atoms with Gasteiger partial charge in [0.05, 0.1) is 0 Å². The van der Waals surface area contributed by atoms with Gasteiger partial charge in [0.1, 0.15) is 0 Å². The largest absolute Gasteiger partial charge is 0.141 e. The van der Waals surface area contributed by atoms with Gasteiger partial charge >= 0.3 is 0 Å². The Bertz CT molecular complexity index is 1800. The average Bonchev–Trinajstić information content (AvgIpc) is 3.72. The molecule has 2 aliphatic carbocycles. The number of hydrogen-bond donors (Lipinski definition) is 0. The molecule has 0 saturated heterocycles. The summed E-state index contributed by atoms with van der Waals surface area (Å²) in [5, 5.41) is 0. The molecular weight excluding hydrogens is 497 g/mol. The highest BCUT2D eigenvalue weighted by Gasteiger charge is 2.32. The summed E-state index contributed by atoms with van der Waals surface area (Å²) in [5.74, 6) is 0. The normalized spacial score (nSPS) is 12.9. The van der Waals surface area contributed by atoms with Gasteiger partial charge < -0.3 is 0 Å². The van der Waals surface area contributed by atoms with Crippen molar-refractivity contribution in [2.24, 2.45) is 0 Å². The SMILES string of the molecule is Cc1ccc(-c2ccc3c(c2)C(=C2c4ccccc4-c4ccccc42)c2cc(-c4ccc(C)s4)ccc2-3)s1. The summed E-state index contributed by atoms with van der Waals surface area (Å²) in [5.41, 5.74) is 16.0. The average molecular weight is 521 g/mol. The van der Waals surface area contributed by atoms with Gasteiger partial charge in [0.2, 0.25) is 0 Å². The first kappa shape index (κ1) is 22.0. The van der Waals surface area contributed by atoms with E-state index in [4.69, 9.17) is 0 Å². The molecule has 0 radical (unpaired) electrons. The molecule has 0 saturated carbocycles. The van der Waals surface area contributed by atoms with Gasteiger partial charge in [-0.1, -0.05) is 72.8 Å². The van der Waals surface area contributed by atoms with Crippen LogP contribution in [0.3, 0.4) is 0 Å². The Morgan fingerprint density at radius 3 is 1.18 bits per heavy atom. The molecule has 0 unspecified atom stereocenters. The Morgan fingerprint density at radius 1 is 0.368 bits per heavy atom. The molecule has 0 nitrogen and oxygen atoms in total. The maximum absolute atomic E-state index is 2.43. The van der Waals surface area contributed by atoms with E-state index in [9.17, 15) is 0 Å². The van der Waals surface area contributed by atoms with Crippen LogP contribution in [-0.4, -0.2) is 0 Å². The molecule has 2 aromatic heterocycles. The molecule has 0 spiro atoms. The lowest BCUT2D eigenvalue weighted by molar-refractivity contribution is 1.62. The third kappa shape index (κ3) is 3.21. The summed E-state index contributed by atoms with van der Waals surface area (Å²) in [7, 11) is 0. The molecule has 2 heteroatoms. The minimum Gasteiger partial charge on any atom is -0.141 e. The Morgan fingerprint density at radius 2 is 0.763 bits per heavy atom. The molecule has 0 amide bonds. The third-order valence-corrected chi connectivity index (χ3v) is 9.95. The first-order chi connectivity index (χ1) is 18.7. The Labute approximate surface area is 231 Å². The fraction of sp³-hybridized carbons (Fsp3) is 0.0556. The number of benzene rings is 4. The van der Waals surface area contributed by atoms with Crippen molar-refractivity contribution < 1.29 is 0 Å². The lowest BCUT2D eigenvalue weighted by Gasteiger charge is -2.13. The third-order valence-electron chi connectivity index (χ3n) is 7.85. The van der Waals surface area contributed by atoms with Crippen molar-refractivity contribution in [1.82, 2.24) is 0 Å². The maximum Gasteiger partial charge on any atom is 0.0345 e. The van der Waals surface area contributed by atoms with Crippen molar-refractivity contribution in [3.8, 4) is 43.1 Å². The van der Waals surface area contributed by atoms with Gasteiger partial charge in [-0.2, -0.15) is 0 Å². The van der Waals surface area contributed by atoms with Crippen molar-refractivity contribution in [1.29, 1.82) is 0 Å². The van der Waals surface area contributed by atoms with Gasteiger partial charge in [-0.15, -0.1) is 22.7 Å². The van der Waals surface area contributed by atoms with E-state index >= 15 is 0 Å². The van der Waals surface area contributed by atoms with E-state index in [0.29, 0.717) is 0 Å². The molecule has 6 aromatic rings. The highest BCUT2D eigenvalue weighted by molar-refractivity contribution is 7.15. The molecule has 0 bridgehead atoms. The number of thiophene rings is 2. The molecule has 8 rings (SSSR count). The van der Waals surface area contributed by atoms with E-state index in [1.807, 2.05) is 22.7 Å². The topological polar surface area (TPSA) is 0 Å². The molecule has 2 heterocycles. The van der Waals surface area contributed by atoms with Crippen LogP contribution in [-0.2, 0) is 0 Å². The van der Waals surface area contributed by atoms with Crippen LogP contribution in [0.2, 0.25) is 0 Å². The van der Waals surface area contributed by atoms with Crippen LogP contribution in [0.25, 0.3) is 54.3 Å². The van der Waals surface area contributed by atoms with Crippen LogP contribution in [0, 0.1) is 13.8 Å². The molecule has 0 atom stereocenters. The van der Waals surface area contributed by atoms with Crippen LogP contribution in [0.5, 0.6) is 0 Å². The van der Waals surface area contributed by atoms with Crippen LogP contribution >= 0.6 is 22.7 Å². The Hall–Kier alpha value is -3.98. The van der Waals surface area contributed by atoms with E-state index in [0.717, 1.165) is 0 Å². The summed E-state index contributed by atoms with van der Waals surface area (Å²) in [6, 6.07) is 40.9. The second-order valence-electron chi connectivity index (χ2n) is 10.2. The highest BCUT2D eigenvalue weighted by atomic mass is 32.1. The van der Waals surface area contributed by atoms with Gasteiger partial charge in [0, 0.05) is 19.5 Å². The lowest BCUT2D eigenvalue weighted by Crippen LogP contribution is -1.91. The molecule has 0 aliphatic heterocycles. The summed E-state index contributed by atoms with van der Waals surface area (Å²) in [4.78, 5) is 5.34. The standard InChI is InChI=1S/C36H24S2/c1-21-11-17-33(37-21)23-13-15-27-28-16-14-24(34-18-12-22(2)38-34)20-32(28)36(31(27)19-23)35-29-9-5-3-7-25(29)26-8-4-6-10-30(26)35/h3-20H,1-2H3. The van der Waals surface area contributed by atoms with Crippen molar-refractivity contribution >= 4 is 33.8 Å². The Balaban J connectivity index is 1.47. The predicted octanol–water partition coefficient (Wildman–Crippen LogP) is 10.7. The fourth-order valence-electron chi connectivity index (χ4n) is 6.16. The zero-order valence-electron chi connectivity index (χ0n) is 21.2. The number of fused-ring (bicyclic) bond motifs is 6. The number of rotatable bonds is 2. The van der Waals surface area contributed by atoms with Crippen LogP contribution < -0.4 is 0 Å². The van der Waals surface area contributed by atoms with Crippen molar-refractivity contribution in [2.45, 2.75) is 13.8 Å². The molecule has 0 fully saturated rings. The van der Waals surface area contributed by atoms with Crippen LogP contribution in [0.1, 0.15) is 32.0 Å². The minimum atomic E-state index is 1.29. The van der Waals surface area contributed by atoms with Crippen LogP contribution in [0.4, 0.5) is 0 Å². The lowest BCUT2D eigenvalue weighted by atomic mass is 9.90. The monoisotopic (exact) mass is 520 g/mol. The molecule has 4 aromatic carbocycles. The fourth-order valence-corrected chi connectivity index (χ4v) is 7.89. The minimum absolute atomic E-state index is 1.29. The number of hydrogen-bond acceptors (Lipinski definition) is 2. The van der Waals surface area contributed by atoms with E-state index < -0.39 is 0 Å². The Kier molecular flexibility index (Phi) is 4.79.